The average molecular weight is 310 g/mol. The van der Waals surface area contributed by atoms with Crippen molar-refractivity contribution in [3.8, 4) is 0 Å². The van der Waals surface area contributed by atoms with Crippen LogP contribution >= 0.6 is 11.6 Å². The molecule has 1 aliphatic rings. The van der Waals surface area contributed by atoms with Crippen LogP contribution in [-0.4, -0.2) is 48.1 Å². The molecule has 2 N–H and O–H groups in total. The van der Waals surface area contributed by atoms with Gasteiger partial charge in [-0.3, -0.25) is 4.90 Å². The van der Waals surface area contributed by atoms with E-state index in [0.29, 0.717) is 6.04 Å². The number of halogens is 1. The topological polar surface area (TPSA) is 32.5 Å². The first kappa shape index (κ1) is 16.8. The third-order valence-electron chi connectivity index (χ3n) is 4.96. The van der Waals surface area contributed by atoms with E-state index in [1.165, 1.54) is 5.56 Å². The number of rotatable bonds is 5. The lowest BCUT2D eigenvalue weighted by Gasteiger charge is -2.48. The fraction of sp³-hybridized carbons (Fsp3) is 0.647. The molecule has 0 amide bonds. The van der Waals surface area contributed by atoms with Crippen molar-refractivity contribution in [1.82, 2.24) is 9.80 Å². The molecule has 1 aromatic rings. The van der Waals surface area contributed by atoms with Crippen LogP contribution in [0.1, 0.15) is 32.3 Å². The molecule has 1 fully saturated rings. The number of nitrogens with two attached hydrogens (primary N) is 1. The molecule has 0 saturated carbocycles. The van der Waals surface area contributed by atoms with Crippen LogP contribution in [0.2, 0.25) is 5.02 Å². The summed E-state index contributed by atoms with van der Waals surface area (Å²) in [5.41, 5.74) is 7.53. The highest BCUT2D eigenvalue weighted by atomic mass is 35.5. The maximum atomic E-state index is 6.16. The summed E-state index contributed by atoms with van der Waals surface area (Å²) in [6.07, 6.45) is 2.28. The third-order valence-corrected chi connectivity index (χ3v) is 5.19. The normalized spacial score (nSPS) is 19.4. The lowest BCUT2D eigenvalue weighted by atomic mass is 9.85. The molecule has 0 aromatic heterocycles. The standard InChI is InChI=1S/C17H28ClN3/c1-14(2)21-9-7-17(13-19,8-10-21)20(3)12-15-5-4-6-16(18)11-15/h4-6,11,14H,7-10,12-13,19H2,1-3H3. The Balaban J connectivity index is 2.03. The summed E-state index contributed by atoms with van der Waals surface area (Å²) in [6.45, 7) is 8.43. The molecule has 21 heavy (non-hydrogen) atoms. The van der Waals surface area contributed by atoms with Crippen molar-refractivity contribution in [1.29, 1.82) is 0 Å². The van der Waals surface area contributed by atoms with Gasteiger partial charge in [0.1, 0.15) is 0 Å². The number of benzene rings is 1. The van der Waals surface area contributed by atoms with Crippen molar-refractivity contribution in [3.63, 3.8) is 0 Å². The summed E-state index contributed by atoms with van der Waals surface area (Å²) in [5, 5.41) is 0.803. The smallest absolute Gasteiger partial charge is 0.0409 e. The van der Waals surface area contributed by atoms with E-state index in [2.05, 4.69) is 36.8 Å². The quantitative estimate of drug-likeness (QED) is 0.907. The van der Waals surface area contributed by atoms with E-state index in [0.717, 1.165) is 44.0 Å². The highest BCUT2D eigenvalue weighted by molar-refractivity contribution is 6.30. The van der Waals surface area contributed by atoms with Gasteiger partial charge in [0.05, 0.1) is 0 Å². The zero-order valence-corrected chi connectivity index (χ0v) is 14.2. The maximum absolute atomic E-state index is 6.16. The Morgan fingerprint density at radius 3 is 2.52 bits per heavy atom. The largest absolute Gasteiger partial charge is 0.329 e. The van der Waals surface area contributed by atoms with E-state index in [9.17, 15) is 0 Å². The Morgan fingerprint density at radius 2 is 2.00 bits per heavy atom. The highest BCUT2D eigenvalue weighted by Crippen LogP contribution is 2.29. The number of nitrogens with zero attached hydrogens (tertiary/aromatic N) is 2. The van der Waals surface area contributed by atoms with Crippen LogP contribution in [0.3, 0.4) is 0 Å². The summed E-state index contributed by atoms with van der Waals surface area (Å²) in [6, 6.07) is 8.74. The summed E-state index contributed by atoms with van der Waals surface area (Å²) < 4.78 is 0. The van der Waals surface area contributed by atoms with Gasteiger partial charge in [0.2, 0.25) is 0 Å². The number of piperidine rings is 1. The van der Waals surface area contributed by atoms with E-state index in [-0.39, 0.29) is 5.54 Å². The van der Waals surface area contributed by atoms with Crippen LogP contribution in [0.15, 0.2) is 24.3 Å². The molecule has 0 unspecified atom stereocenters. The number of likely N-dealkylation sites (N-methyl/N-ethyl adjacent to an activating group) is 1. The predicted molar refractivity (Wildman–Crippen MR) is 90.6 cm³/mol. The van der Waals surface area contributed by atoms with Crippen LogP contribution in [0.4, 0.5) is 0 Å². The molecular weight excluding hydrogens is 282 g/mol. The summed E-state index contributed by atoms with van der Waals surface area (Å²) in [4.78, 5) is 4.97. The zero-order valence-electron chi connectivity index (χ0n) is 13.5. The minimum Gasteiger partial charge on any atom is -0.329 e. The van der Waals surface area contributed by atoms with E-state index < -0.39 is 0 Å². The summed E-state index contributed by atoms with van der Waals surface area (Å²) in [7, 11) is 2.19. The van der Waals surface area contributed by atoms with Crippen molar-refractivity contribution in [3.05, 3.63) is 34.9 Å². The van der Waals surface area contributed by atoms with Crippen molar-refractivity contribution in [2.75, 3.05) is 26.7 Å². The first-order valence-electron chi connectivity index (χ1n) is 7.87. The summed E-state index contributed by atoms with van der Waals surface area (Å²) >= 11 is 6.09. The SMILES string of the molecule is CC(C)N1CCC(CN)(N(C)Cc2cccc(Cl)c2)CC1. The van der Waals surface area contributed by atoms with Gasteiger partial charge in [0.15, 0.2) is 0 Å². The highest BCUT2D eigenvalue weighted by Gasteiger charge is 2.37. The number of hydrogen-bond acceptors (Lipinski definition) is 3. The Hall–Kier alpha value is -0.610. The van der Waals surface area contributed by atoms with Crippen molar-refractivity contribution >= 4 is 11.6 Å². The van der Waals surface area contributed by atoms with E-state index in [1.807, 2.05) is 18.2 Å². The molecule has 4 heteroatoms. The Labute approximate surface area is 134 Å². The second-order valence-corrected chi connectivity index (χ2v) is 6.98. The van der Waals surface area contributed by atoms with Crippen LogP contribution in [0, 0.1) is 0 Å². The molecule has 0 radical (unpaired) electrons. The molecule has 1 heterocycles. The zero-order chi connectivity index (χ0) is 15.5. The molecule has 118 valence electrons. The second-order valence-electron chi connectivity index (χ2n) is 6.54. The van der Waals surface area contributed by atoms with Gasteiger partial charge < -0.3 is 10.6 Å². The molecule has 0 spiro atoms. The van der Waals surface area contributed by atoms with Gasteiger partial charge in [-0.1, -0.05) is 23.7 Å². The van der Waals surface area contributed by atoms with Gasteiger partial charge in [0, 0.05) is 42.8 Å². The fourth-order valence-corrected chi connectivity index (χ4v) is 3.49. The van der Waals surface area contributed by atoms with E-state index in [4.69, 9.17) is 17.3 Å². The van der Waals surface area contributed by atoms with Crippen molar-refractivity contribution in [2.45, 2.75) is 44.8 Å². The molecule has 3 nitrogen and oxygen atoms in total. The van der Waals surface area contributed by atoms with Gasteiger partial charge in [-0.05, 0) is 51.4 Å². The molecule has 1 aromatic carbocycles. The first-order chi connectivity index (χ1) is 9.97. The number of hydrogen-bond donors (Lipinski definition) is 1. The molecule has 1 saturated heterocycles. The predicted octanol–water partition coefficient (Wildman–Crippen LogP) is 2.97. The van der Waals surface area contributed by atoms with Gasteiger partial charge >= 0.3 is 0 Å². The lowest BCUT2D eigenvalue weighted by Crippen LogP contribution is -2.58. The van der Waals surface area contributed by atoms with Crippen LogP contribution in [0.5, 0.6) is 0 Å². The van der Waals surface area contributed by atoms with Gasteiger partial charge in [-0.2, -0.15) is 0 Å². The Kier molecular flexibility index (Phi) is 5.67. The summed E-state index contributed by atoms with van der Waals surface area (Å²) in [5.74, 6) is 0. The molecule has 2 rings (SSSR count). The molecule has 0 bridgehead atoms. The average Bonchev–Trinajstić information content (AvgIpc) is 2.47. The van der Waals surface area contributed by atoms with Gasteiger partial charge in [0.25, 0.3) is 0 Å². The maximum Gasteiger partial charge on any atom is 0.0409 e. The van der Waals surface area contributed by atoms with Crippen LogP contribution < -0.4 is 5.73 Å². The molecule has 0 aliphatic carbocycles. The van der Waals surface area contributed by atoms with Crippen molar-refractivity contribution < 1.29 is 0 Å². The minimum atomic E-state index is 0.119. The van der Waals surface area contributed by atoms with Crippen LogP contribution in [-0.2, 0) is 6.54 Å². The monoisotopic (exact) mass is 309 g/mol. The van der Waals surface area contributed by atoms with Gasteiger partial charge in [-0.15, -0.1) is 0 Å². The first-order valence-corrected chi connectivity index (χ1v) is 8.24. The number of likely N-dealkylation sites (tertiary alicyclic amines) is 1. The lowest BCUT2D eigenvalue weighted by molar-refractivity contribution is 0.0298. The minimum absolute atomic E-state index is 0.119. The molecule has 1 aliphatic heterocycles. The van der Waals surface area contributed by atoms with Crippen LogP contribution in [0.25, 0.3) is 0 Å². The van der Waals surface area contributed by atoms with Crippen molar-refractivity contribution in [2.24, 2.45) is 5.73 Å². The fourth-order valence-electron chi connectivity index (χ4n) is 3.28. The second kappa shape index (κ2) is 7.10. The Bertz CT molecular complexity index is 453. The Morgan fingerprint density at radius 1 is 1.33 bits per heavy atom. The third kappa shape index (κ3) is 3.98. The molecule has 0 atom stereocenters. The van der Waals surface area contributed by atoms with E-state index >= 15 is 0 Å². The van der Waals surface area contributed by atoms with Gasteiger partial charge in [-0.25, -0.2) is 0 Å². The van der Waals surface area contributed by atoms with E-state index in [1.54, 1.807) is 0 Å². The molecular formula is C17H28ClN3.